The lowest BCUT2D eigenvalue weighted by Crippen LogP contribution is -2.59. The fourth-order valence-corrected chi connectivity index (χ4v) is 11.5. The van der Waals surface area contributed by atoms with Crippen LogP contribution in [0.2, 0.25) is 0 Å². The average molecular weight is 946 g/mol. The third-order valence-corrected chi connectivity index (χ3v) is 15.6. The van der Waals surface area contributed by atoms with Crippen LogP contribution in [0.15, 0.2) is 47.1 Å². The molecule has 1 unspecified atom stereocenters. The van der Waals surface area contributed by atoms with Crippen molar-refractivity contribution in [2.45, 2.75) is 204 Å². The molecule has 1 spiro atoms. The van der Waals surface area contributed by atoms with Crippen LogP contribution in [0.25, 0.3) is 0 Å². The van der Waals surface area contributed by atoms with E-state index in [1.54, 1.807) is 33.3 Å². The summed E-state index contributed by atoms with van der Waals surface area (Å²) in [6.07, 6.45) is 7.11. The summed E-state index contributed by atoms with van der Waals surface area (Å²) >= 11 is 0. The standard InChI is InChI=1S/C51H79NO15/c1-12-27(2)46-30(5)18-19-50(67-46)24-36-21-35(66-50)17-16-29(4)45(28(3)14-13-15-34-25-60-48-44(54)31(6)20-37(49(55)63-36)51(34,48)56)64-42-23-39(59-11)47(33(8)62-42)65-41-22-38(58-10)43(32(7)61-41)52-40(53)26-57-9/h13-16,20,27-28,30,32-33,35-39,41-48,54,56H,12,17-19,21-26H2,1-11H3,(H,52,53)/b14-13+,29-16+,34-15+/t27?,28-,30-,32-,33-,35+,36-,37-,38-,39-,41-,42-,43+,44+,45-,46+,47-,48+,50+,51+/m0/s1. The van der Waals surface area contributed by atoms with Crippen molar-refractivity contribution in [2.24, 2.45) is 23.7 Å². The molecule has 16 nitrogen and oxygen atoms in total. The van der Waals surface area contributed by atoms with Crippen molar-refractivity contribution in [3.8, 4) is 0 Å². The minimum atomic E-state index is -1.83. The molecule has 5 fully saturated rings. The molecular weight excluding hydrogens is 867 g/mol. The zero-order valence-electron chi connectivity index (χ0n) is 41.6. The first kappa shape index (κ1) is 52.2. The number of aliphatic hydroxyl groups is 2. The highest BCUT2D eigenvalue weighted by atomic mass is 16.7. The number of carbonyl (C=O) groups is 2. The van der Waals surface area contributed by atoms with E-state index in [1.165, 1.54) is 7.11 Å². The molecule has 378 valence electrons. The highest BCUT2D eigenvalue weighted by molar-refractivity contribution is 5.79. The minimum Gasteiger partial charge on any atom is -0.462 e. The lowest BCUT2D eigenvalue weighted by molar-refractivity contribution is -0.340. The number of ether oxygens (including phenoxy) is 11. The molecule has 67 heavy (non-hydrogen) atoms. The van der Waals surface area contributed by atoms with Crippen LogP contribution in [0.4, 0.5) is 0 Å². The summed E-state index contributed by atoms with van der Waals surface area (Å²) in [7, 11) is 4.73. The quantitative estimate of drug-likeness (QED) is 0.177. The van der Waals surface area contributed by atoms with Gasteiger partial charge in [0.1, 0.15) is 42.5 Å². The van der Waals surface area contributed by atoms with Gasteiger partial charge in [-0.2, -0.15) is 0 Å². The first-order valence-corrected chi connectivity index (χ1v) is 24.7. The molecular formula is C51H79NO15. The van der Waals surface area contributed by atoms with Crippen LogP contribution in [0, 0.1) is 23.7 Å². The van der Waals surface area contributed by atoms with Gasteiger partial charge in [-0.15, -0.1) is 0 Å². The molecule has 6 heterocycles. The molecule has 0 aromatic rings. The lowest BCUT2D eigenvalue weighted by Gasteiger charge is -2.51. The van der Waals surface area contributed by atoms with Gasteiger partial charge in [0.2, 0.25) is 5.91 Å². The maximum atomic E-state index is 14.4. The molecule has 5 saturated heterocycles. The number of hydrogen-bond acceptors (Lipinski definition) is 15. The molecule has 0 saturated carbocycles. The normalized spacial score (nSPS) is 46.5. The van der Waals surface area contributed by atoms with E-state index in [9.17, 15) is 19.8 Å². The Morgan fingerprint density at radius 2 is 1.67 bits per heavy atom. The van der Waals surface area contributed by atoms with E-state index in [1.807, 2.05) is 26.0 Å². The molecule has 0 aromatic heterocycles. The fourth-order valence-electron chi connectivity index (χ4n) is 11.5. The van der Waals surface area contributed by atoms with Crippen LogP contribution >= 0.6 is 0 Å². The van der Waals surface area contributed by atoms with E-state index in [2.05, 4.69) is 46.0 Å². The predicted octanol–water partition coefficient (Wildman–Crippen LogP) is 5.37. The van der Waals surface area contributed by atoms with E-state index < -0.39 is 84.7 Å². The SMILES string of the molecule is CCC(C)[C@H]1O[C@]2(CC[C@@H]1C)C[C@@H]1C[C@@H](C/C=C(\C)[C@@H](O[C@H]3C[C@H](OC)[C@@H](O[C@H]4C[C@H](OC)[C@H](NC(=O)COC)[C@H](C)O4)[C@H](C)O3)[C@@H](C)/C=C/C=C3\CO[C@@H]4[C@H](O)C(C)=C[C@@H](C(=O)O1)[C@]34O)O2. The first-order chi connectivity index (χ1) is 31.9. The summed E-state index contributed by atoms with van der Waals surface area (Å²) in [5, 5.41) is 26.8. The Balaban J connectivity index is 1.14. The molecule has 7 aliphatic rings. The second kappa shape index (κ2) is 22.2. The smallest absolute Gasteiger partial charge is 0.316 e. The summed E-state index contributed by atoms with van der Waals surface area (Å²) in [6.45, 7) is 16.3. The second-order valence-corrected chi connectivity index (χ2v) is 20.4. The van der Waals surface area contributed by atoms with Gasteiger partial charge in [0.15, 0.2) is 18.4 Å². The highest BCUT2D eigenvalue weighted by Crippen LogP contribution is 2.48. The van der Waals surface area contributed by atoms with Gasteiger partial charge in [0.05, 0.1) is 55.4 Å². The number of esters is 1. The molecule has 0 aromatic carbocycles. The molecule has 7 rings (SSSR count). The number of amides is 1. The fraction of sp³-hybridized carbons (Fsp3) is 0.804. The lowest BCUT2D eigenvalue weighted by atomic mass is 9.71. The average Bonchev–Trinajstić information content (AvgIpc) is 3.63. The number of carbonyl (C=O) groups excluding carboxylic acids is 2. The van der Waals surface area contributed by atoms with Crippen molar-refractivity contribution in [2.75, 3.05) is 34.5 Å². The van der Waals surface area contributed by atoms with Gasteiger partial charge < -0.3 is 67.6 Å². The van der Waals surface area contributed by atoms with E-state index in [0.29, 0.717) is 61.5 Å². The summed E-state index contributed by atoms with van der Waals surface area (Å²) in [5.41, 5.74) is 0.152. The van der Waals surface area contributed by atoms with Crippen molar-refractivity contribution in [3.63, 3.8) is 0 Å². The molecule has 16 heteroatoms. The van der Waals surface area contributed by atoms with Gasteiger partial charge in [-0.25, -0.2) is 0 Å². The van der Waals surface area contributed by atoms with Crippen LogP contribution in [0.1, 0.15) is 107 Å². The maximum Gasteiger partial charge on any atom is 0.316 e. The van der Waals surface area contributed by atoms with Gasteiger partial charge in [0.25, 0.3) is 0 Å². The predicted molar refractivity (Wildman–Crippen MR) is 245 cm³/mol. The van der Waals surface area contributed by atoms with Crippen molar-refractivity contribution < 1.29 is 71.9 Å². The van der Waals surface area contributed by atoms with Crippen LogP contribution < -0.4 is 5.32 Å². The summed E-state index contributed by atoms with van der Waals surface area (Å²) in [4.78, 5) is 26.8. The molecule has 6 aliphatic heterocycles. The van der Waals surface area contributed by atoms with Gasteiger partial charge in [-0.3, -0.25) is 9.59 Å². The van der Waals surface area contributed by atoms with Crippen molar-refractivity contribution in [1.29, 1.82) is 0 Å². The van der Waals surface area contributed by atoms with E-state index >= 15 is 0 Å². The Bertz CT molecular complexity index is 1830. The maximum absolute atomic E-state index is 14.4. The van der Waals surface area contributed by atoms with Gasteiger partial charge in [-0.05, 0) is 69.1 Å². The number of nitrogens with one attached hydrogen (secondary N) is 1. The number of aliphatic hydroxyl groups excluding tert-OH is 1. The topological polar surface area (TPSA) is 188 Å². The third kappa shape index (κ3) is 11.3. The number of hydrogen-bond donors (Lipinski definition) is 3. The van der Waals surface area contributed by atoms with Crippen molar-refractivity contribution in [3.05, 3.63) is 47.1 Å². The summed E-state index contributed by atoms with van der Waals surface area (Å²) in [5.74, 6) is -2.41. The van der Waals surface area contributed by atoms with Crippen LogP contribution in [0.3, 0.4) is 0 Å². The molecule has 2 bridgehead atoms. The van der Waals surface area contributed by atoms with E-state index in [-0.39, 0.29) is 49.4 Å². The zero-order valence-corrected chi connectivity index (χ0v) is 41.6. The van der Waals surface area contributed by atoms with Gasteiger partial charge >= 0.3 is 5.97 Å². The van der Waals surface area contributed by atoms with Crippen molar-refractivity contribution >= 4 is 11.9 Å². The van der Waals surface area contributed by atoms with Crippen LogP contribution in [-0.2, 0) is 61.7 Å². The van der Waals surface area contributed by atoms with Crippen molar-refractivity contribution in [1.82, 2.24) is 5.32 Å². The molecule has 20 atom stereocenters. The monoisotopic (exact) mass is 946 g/mol. The first-order valence-electron chi connectivity index (χ1n) is 24.7. The Labute approximate surface area is 397 Å². The van der Waals surface area contributed by atoms with Crippen LogP contribution in [-0.4, -0.2) is 154 Å². The summed E-state index contributed by atoms with van der Waals surface area (Å²) < 4.78 is 69.8. The van der Waals surface area contributed by atoms with Crippen LogP contribution in [0.5, 0.6) is 0 Å². The Hall–Kier alpha value is -2.58. The molecule has 0 radical (unpaired) electrons. The number of rotatable bonds is 11. The minimum absolute atomic E-state index is 0.0164. The highest BCUT2D eigenvalue weighted by Gasteiger charge is 2.60. The Morgan fingerprint density at radius 1 is 0.955 bits per heavy atom. The summed E-state index contributed by atoms with van der Waals surface area (Å²) in [6, 6.07) is -0.386. The number of fused-ring (bicyclic) bond motifs is 2. The largest absolute Gasteiger partial charge is 0.462 e. The second-order valence-electron chi connectivity index (χ2n) is 20.4. The molecule has 1 amide bonds. The van der Waals surface area contributed by atoms with E-state index in [4.69, 9.17) is 52.1 Å². The zero-order chi connectivity index (χ0) is 48.4. The van der Waals surface area contributed by atoms with Gasteiger partial charge in [-0.1, -0.05) is 64.5 Å². The van der Waals surface area contributed by atoms with E-state index in [0.717, 1.165) is 18.4 Å². The third-order valence-electron chi connectivity index (χ3n) is 15.6. The number of allylic oxidation sites excluding steroid dienone is 2. The molecule has 3 N–H and O–H groups in total. The molecule has 1 aliphatic carbocycles. The number of methoxy groups -OCH3 is 3. The Morgan fingerprint density at radius 3 is 2.39 bits per heavy atom. The Kier molecular flexibility index (Phi) is 17.3. The van der Waals surface area contributed by atoms with Gasteiger partial charge in [0, 0.05) is 59.4 Å².